The van der Waals surface area contributed by atoms with E-state index in [9.17, 15) is 0 Å². The van der Waals surface area contributed by atoms with Gasteiger partial charge in [0.25, 0.3) is 0 Å². The van der Waals surface area contributed by atoms with Crippen LogP contribution in [0.4, 0.5) is 0 Å². The van der Waals surface area contributed by atoms with Crippen molar-refractivity contribution in [2.24, 2.45) is 0 Å². The predicted molar refractivity (Wildman–Crippen MR) is 15.6 cm³/mol. The Labute approximate surface area is 169 Å². The van der Waals surface area contributed by atoms with Crippen LogP contribution in [-0.2, 0) is 44.8 Å². The van der Waals surface area contributed by atoms with Crippen LogP contribution in [-0.4, -0.2) is 0 Å². The normalized spacial score (nSPS) is 0.500. The Kier molecular flexibility index (Phi) is 375. The third-order valence-corrected chi connectivity index (χ3v) is 0. The SMILES string of the molecule is C#N.C#N.[Au].[Au].[H-].[H-].[K+].[K+]. The molecule has 0 unspecified atom stereocenters. The van der Waals surface area contributed by atoms with Crippen molar-refractivity contribution in [2.75, 3.05) is 0 Å². The second-order valence-electron chi connectivity index (χ2n) is 0. The van der Waals surface area contributed by atoms with Gasteiger partial charge >= 0.3 is 103 Å². The molecule has 0 aliphatic carbocycles. The van der Waals surface area contributed by atoms with Crippen LogP contribution in [0.5, 0.6) is 0 Å². The third-order valence-electron chi connectivity index (χ3n) is 0. The van der Waals surface area contributed by atoms with Crippen LogP contribution in [0.1, 0.15) is 2.85 Å². The Balaban J connectivity index is -0.000000000833. The van der Waals surface area contributed by atoms with Gasteiger partial charge in [0.15, 0.2) is 0 Å². The van der Waals surface area contributed by atoms with Gasteiger partial charge in [0.2, 0.25) is 0 Å². The molecule has 6 heteroatoms. The molecule has 0 fully saturated rings. The number of nitrogens with zero attached hydrogens (tertiary/aromatic N) is 2. The van der Waals surface area contributed by atoms with Crippen molar-refractivity contribution in [1.29, 1.82) is 10.5 Å². The summed E-state index contributed by atoms with van der Waals surface area (Å²) >= 11 is 0. The molecule has 2 radical (unpaired) electrons. The number of hydrogen-bond donors (Lipinski definition) is 0. The first-order valence-corrected chi connectivity index (χ1v) is 0.516. The third kappa shape index (κ3) is 53.3. The summed E-state index contributed by atoms with van der Waals surface area (Å²) in [5, 5.41) is 13.0. The average molecular weight is 528 g/mol. The Morgan fingerprint density at radius 1 is 0.750 bits per heavy atom. The van der Waals surface area contributed by atoms with Gasteiger partial charge in [-0.15, -0.1) is 0 Å². The van der Waals surface area contributed by atoms with Crippen LogP contribution < -0.4 is 103 Å². The molecule has 0 N–H and O–H groups in total. The van der Waals surface area contributed by atoms with Crippen LogP contribution in [0.3, 0.4) is 0 Å². The first-order valence-electron chi connectivity index (χ1n) is 0.516. The number of nitriles is 2. The fourth-order valence-electron chi connectivity index (χ4n) is 0. The number of hydrogen-bond acceptors (Lipinski definition) is 2. The molecular formula is C2H4Au2K2N2. The summed E-state index contributed by atoms with van der Waals surface area (Å²) in [6.07, 6.45) is 0. The Morgan fingerprint density at radius 3 is 0.750 bits per heavy atom. The monoisotopic (exact) mass is 528 g/mol. The van der Waals surface area contributed by atoms with E-state index in [1.54, 1.807) is 0 Å². The van der Waals surface area contributed by atoms with E-state index in [4.69, 9.17) is 10.5 Å². The van der Waals surface area contributed by atoms with E-state index < -0.39 is 0 Å². The van der Waals surface area contributed by atoms with Gasteiger partial charge in [0.05, 0.1) is 0 Å². The maximum absolute atomic E-state index is 6.50. The Hall–Kier alpha value is 3.73. The van der Waals surface area contributed by atoms with Crippen molar-refractivity contribution in [1.82, 2.24) is 0 Å². The molecule has 0 aliphatic rings. The zero-order chi connectivity index (χ0) is 4.00. The van der Waals surface area contributed by atoms with Crippen molar-refractivity contribution < 1.29 is 150 Å². The maximum Gasteiger partial charge on any atom is 1.00 e. The minimum atomic E-state index is 0. The van der Waals surface area contributed by atoms with Crippen molar-refractivity contribution >= 4 is 0 Å². The molecule has 0 aromatic heterocycles. The summed E-state index contributed by atoms with van der Waals surface area (Å²) in [4.78, 5) is 0. The first kappa shape index (κ1) is 41.1. The number of rotatable bonds is 0. The van der Waals surface area contributed by atoms with Crippen LogP contribution in [0.15, 0.2) is 0 Å². The minimum absolute atomic E-state index is 0. The van der Waals surface area contributed by atoms with Crippen LogP contribution in [0.25, 0.3) is 0 Å². The van der Waals surface area contributed by atoms with Gasteiger partial charge in [-0.3, -0.25) is 0 Å². The molecule has 8 heavy (non-hydrogen) atoms. The van der Waals surface area contributed by atoms with Crippen LogP contribution in [0.2, 0.25) is 0 Å². The van der Waals surface area contributed by atoms with Crippen molar-refractivity contribution in [3.8, 4) is 13.1 Å². The summed E-state index contributed by atoms with van der Waals surface area (Å²) in [7, 11) is 0. The quantitative estimate of drug-likeness (QED) is 0.295. The topological polar surface area (TPSA) is 47.6 Å². The molecule has 2 nitrogen and oxygen atoms in total. The molecule has 0 saturated heterocycles. The summed E-state index contributed by atoms with van der Waals surface area (Å²) in [6, 6.07) is 0. The largest absolute Gasteiger partial charge is 1.00 e. The first-order chi connectivity index (χ1) is 2.00. The summed E-state index contributed by atoms with van der Waals surface area (Å²) in [5.41, 5.74) is 0. The van der Waals surface area contributed by atoms with Gasteiger partial charge < -0.3 is 2.85 Å². The smallest absolute Gasteiger partial charge is 1.00 e. The Bertz CT molecular complexity index is 38.7. The molecule has 0 amide bonds. The van der Waals surface area contributed by atoms with Gasteiger partial charge in [-0.05, 0) is 0 Å². The van der Waals surface area contributed by atoms with E-state index >= 15 is 0 Å². The molecule has 0 heterocycles. The maximum atomic E-state index is 6.50. The van der Waals surface area contributed by atoms with Crippen molar-refractivity contribution in [3.63, 3.8) is 0 Å². The standard InChI is InChI=1S/2CHN.2Au.2K.2H/c2*1-2;;;;;;/h2*1H;;;;;;/q;;;;2*+1;2*-1. The van der Waals surface area contributed by atoms with Gasteiger partial charge in [0, 0.05) is 57.9 Å². The molecule has 0 aromatic carbocycles. The molecule has 0 aliphatic heterocycles. The zero-order valence-electron chi connectivity index (χ0n) is 6.65. The van der Waals surface area contributed by atoms with Crippen molar-refractivity contribution in [3.05, 3.63) is 0 Å². The average Bonchev–Trinajstić information content (AvgIpc) is 1.50. The molecule has 0 saturated carbocycles. The van der Waals surface area contributed by atoms with Crippen LogP contribution >= 0.6 is 0 Å². The van der Waals surface area contributed by atoms with E-state index in [1.165, 1.54) is 0 Å². The fourth-order valence-corrected chi connectivity index (χ4v) is 0. The zero-order valence-corrected chi connectivity index (χ0v) is 15.2. The molecule has 0 rings (SSSR count). The summed E-state index contributed by atoms with van der Waals surface area (Å²) < 4.78 is 0. The molecule has 0 atom stereocenters. The fraction of sp³-hybridized carbons (Fsp3) is 0. The van der Waals surface area contributed by atoms with Crippen molar-refractivity contribution in [2.45, 2.75) is 0 Å². The van der Waals surface area contributed by atoms with Gasteiger partial charge in [-0.1, -0.05) is 0 Å². The van der Waals surface area contributed by atoms with Gasteiger partial charge in [-0.2, -0.15) is 0 Å². The van der Waals surface area contributed by atoms with Crippen LogP contribution in [0, 0.1) is 23.7 Å². The summed E-state index contributed by atoms with van der Waals surface area (Å²) in [5.74, 6) is 0. The van der Waals surface area contributed by atoms with Gasteiger partial charge in [0.1, 0.15) is 0 Å². The van der Waals surface area contributed by atoms with E-state index in [2.05, 4.69) is 13.1 Å². The second kappa shape index (κ2) is 73.0. The minimum Gasteiger partial charge on any atom is -1.00 e. The van der Waals surface area contributed by atoms with Gasteiger partial charge in [-0.25, -0.2) is 10.5 Å². The molecule has 0 aromatic rings. The summed E-state index contributed by atoms with van der Waals surface area (Å²) in [6.45, 7) is 7.00. The molecule has 0 spiro atoms. The van der Waals surface area contributed by atoms with E-state index in [1.807, 2.05) is 0 Å². The van der Waals surface area contributed by atoms with E-state index in [-0.39, 0.29) is 150 Å². The Morgan fingerprint density at radius 2 is 0.750 bits per heavy atom. The molecular weight excluding hydrogens is 524 g/mol. The van der Waals surface area contributed by atoms with E-state index in [0.29, 0.717) is 0 Å². The second-order valence-corrected chi connectivity index (χ2v) is 0. The molecule has 46 valence electrons. The predicted octanol–water partition coefficient (Wildman–Crippen LogP) is -5.49. The molecule has 0 bridgehead atoms. The van der Waals surface area contributed by atoms with E-state index in [0.717, 1.165) is 0 Å².